The lowest BCUT2D eigenvalue weighted by atomic mass is 9.78. The Morgan fingerprint density at radius 3 is 2.46 bits per heavy atom. The quantitative estimate of drug-likeness (QED) is 0.377. The first kappa shape index (κ1) is 27.8. The van der Waals surface area contributed by atoms with E-state index in [1.54, 1.807) is 30.3 Å². The second-order valence-corrected chi connectivity index (χ2v) is 13.1. The van der Waals surface area contributed by atoms with Crippen LogP contribution < -0.4 is 16.1 Å². The number of pyridine rings is 1. The van der Waals surface area contributed by atoms with Gasteiger partial charge in [0.1, 0.15) is 5.37 Å². The van der Waals surface area contributed by atoms with Gasteiger partial charge in [0, 0.05) is 17.0 Å². The minimum atomic E-state index is -3.93. The van der Waals surface area contributed by atoms with E-state index in [9.17, 15) is 18.3 Å². The third kappa shape index (κ3) is 5.24. The molecule has 0 aliphatic carbocycles. The average molecular weight is 574 g/mol. The van der Waals surface area contributed by atoms with Gasteiger partial charge in [0.15, 0.2) is 5.03 Å². The molecule has 0 bridgehead atoms. The third-order valence-electron chi connectivity index (χ3n) is 7.37. The number of carboxylic acids is 1. The fourth-order valence-electron chi connectivity index (χ4n) is 4.43. The standard InChI is InChI=1S/C26H29BClN3O7S/c1-25(2)26(3,4)38-27(37-25)15-5-7-17(24(32)33)20(11-15)30-21-13-22(31-19-8-6-16(28)12-18(19)21)39(34,35)23-14-36-10-9-29-23/h5-8,11-13,23,29H,9-10,14H2,1-4H3,(H,30,31)(H,32,33). The number of carboxylic acid groups (broad SMARTS) is 1. The Bertz CT molecular complexity index is 1540. The molecule has 0 radical (unpaired) electrons. The summed E-state index contributed by atoms with van der Waals surface area (Å²) in [5.74, 6) is -1.16. The lowest BCUT2D eigenvalue weighted by Crippen LogP contribution is -2.46. The zero-order valence-corrected chi connectivity index (χ0v) is 23.5. The molecule has 0 amide bonds. The van der Waals surface area contributed by atoms with E-state index in [2.05, 4.69) is 15.6 Å². The molecule has 0 spiro atoms. The third-order valence-corrected chi connectivity index (χ3v) is 9.45. The van der Waals surface area contributed by atoms with Crippen LogP contribution in [0.2, 0.25) is 5.02 Å². The highest BCUT2D eigenvalue weighted by atomic mass is 35.5. The largest absolute Gasteiger partial charge is 0.494 e. The van der Waals surface area contributed by atoms with Gasteiger partial charge in [-0.15, -0.1) is 0 Å². The number of anilines is 2. The second-order valence-electron chi connectivity index (χ2n) is 10.6. The molecule has 3 aromatic rings. The van der Waals surface area contributed by atoms with Gasteiger partial charge in [0.25, 0.3) is 0 Å². The molecule has 1 aromatic heterocycles. The summed E-state index contributed by atoms with van der Waals surface area (Å²) >= 11 is 6.26. The predicted octanol–water partition coefficient (Wildman–Crippen LogP) is 3.35. The van der Waals surface area contributed by atoms with Crippen LogP contribution in [0.25, 0.3) is 10.9 Å². The molecule has 39 heavy (non-hydrogen) atoms. The highest BCUT2D eigenvalue weighted by Crippen LogP contribution is 2.37. The van der Waals surface area contributed by atoms with Gasteiger partial charge in [-0.2, -0.15) is 0 Å². The average Bonchev–Trinajstić information content (AvgIpc) is 3.11. The van der Waals surface area contributed by atoms with Crippen LogP contribution in [0.1, 0.15) is 38.1 Å². The number of ether oxygens (including phenoxy) is 1. The minimum absolute atomic E-state index is 0.00920. The van der Waals surface area contributed by atoms with Crippen molar-refractivity contribution in [1.82, 2.24) is 10.3 Å². The van der Waals surface area contributed by atoms with Crippen LogP contribution in [0.4, 0.5) is 11.4 Å². The number of carbonyl (C=O) groups is 1. The number of sulfone groups is 1. The number of hydrogen-bond acceptors (Lipinski definition) is 9. The molecule has 0 saturated carbocycles. The highest BCUT2D eigenvalue weighted by molar-refractivity contribution is 7.92. The van der Waals surface area contributed by atoms with Crippen molar-refractivity contribution in [2.75, 3.05) is 25.1 Å². The van der Waals surface area contributed by atoms with Crippen molar-refractivity contribution in [1.29, 1.82) is 0 Å². The zero-order chi connectivity index (χ0) is 28.2. The topological polar surface area (TPSA) is 136 Å². The number of nitrogens with one attached hydrogen (secondary N) is 2. The lowest BCUT2D eigenvalue weighted by molar-refractivity contribution is 0.00578. The van der Waals surface area contributed by atoms with Crippen molar-refractivity contribution in [2.45, 2.75) is 49.3 Å². The molecule has 13 heteroatoms. The fourth-order valence-corrected chi connectivity index (χ4v) is 6.02. The first-order chi connectivity index (χ1) is 18.3. The molecule has 10 nitrogen and oxygen atoms in total. The molecule has 2 fully saturated rings. The normalized spacial score (nSPS) is 20.7. The summed E-state index contributed by atoms with van der Waals surface area (Å²) in [5, 5.41) is 15.8. The second kappa shape index (κ2) is 10.0. The van der Waals surface area contributed by atoms with Gasteiger partial charge in [-0.25, -0.2) is 18.2 Å². The molecule has 2 aromatic carbocycles. The first-order valence-corrected chi connectivity index (χ1v) is 14.4. The van der Waals surface area contributed by atoms with Crippen LogP contribution in [0.5, 0.6) is 0 Å². The monoisotopic (exact) mass is 573 g/mol. The van der Waals surface area contributed by atoms with Crippen molar-refractivity contribution >= 4 is 62.3 Å². The summed E-state index contributed by atoms with van der Waals surface area (Å²) in [4.78, 5) is 16.5. The van der Waals surface area contributed by atoms with E-state index in [1.807, 2.05) is 27.7 Å². The number of nitrogens with zero attached hydrogens (tertiary/aromatic N) is 1. The summed E-state index contributed by atoms with van der Waals surface area (Å²) in [7, 11) is -4.66. The van der Waals surface area contributed by atoms with Crippen molar-refractivity contribution in [3.63, 3.8) is 0 Å². The van der Waals surface area contributed by atoms with Gasteiger partial charge in [0.05, 0.1) is 46.9 Å². The fraction of sp³-hybridized carbons (Fsp3) is 0.385. The van der Waals surface area contributed by atoms with Gasteiger partial charge < -0.3 is 24.5 Å². The van der Waals surface area contributed by atoms with Crippen LogP contribution in [0.3, 0.4) is 0 Å². The van der Waals surface area contributed by atoms with Crippen LogP contribution >= 0.6 is 11.6 Å². The maximum absolute atomic E-state index is 13.4. The Kier molecular flexibility index (Phi) is 7.15. The first-order valence-electron chi connectivity index (χ1n) is 12.4. The van der Waals surface area contributed by atoms with E-state index >= 15 is 0 Å². The van der Waals surface area contributed by atoms with Gasteiger partial charge in [-0.1, -0.05) is 17.7 Å². The number of aromatic nitrogens is 1. The Hall–Kier alpha value is -2.74. The summed E-state index contributed by atoms with van der Waals surface area (Å²) in [6.45, 7) is 8.52. The molecule has 1 unspecified atom stereocenters. The number of rotatable bonds is 6. The van der Waals surface area contributed by atoms with E-state index in [-0.39, 0.29) is 22.9 Å². The van der Waals surface area contributed by atoms with Crippen LogP contribution in [-0.4, -0.2) is 67.9 Å². The summed E-state index contributed by atoms with van der Waals surface area (Å²) in [5.41, 5.74) is 0.335. The van der Waals surface area contributed by atoms with Crippen molar-refractivity contribution in [2.24, 2.45) is 0 Å². The minimum Gasteiger partial charge on any atom is -0.478 e. The Morgan fingerprint density at radius 2 is 1.82 bits per heavy atom. The van der Waals surface area contributed by atoms with Crippen molar-refractivity contribution in [3.8, 4) is 0 Å². The van der Waals surface area contributed by atoms with Crippen molar-refractivity contribution < 1.29 is 32.4 Å². The molecule has 1 atom stereocenters. The van der Waals surface area contributed by atoms with Gasteiger partial charge in [-0.05, 0) is 69.6 Å². The maximum atomic E-state index is 13.4. The van der Waals surface area contributed by atoms with E-state index in [4.69, 9.17) is 25.6 Å². The van der Waals surface area contributed by atoms with E-state index < -0.39 is 39.5 Å². The summed E-state index contributed by atoms with van der Waals surface area (Å²) in [6, 6.07) is 11.0. The van der Waals surface area contributed by atoms with Crippen molar-refractivity contribution in [3.05, 3.63) is 53.1 Å². The molecule has 5 rings (SSSR count). The SMILES string of the molecule is CC1(C)OB(c2ccc(C(=O)O)c(Nc3cc(S(=O)(=O)C4COCCN4)nc4ccc(Cl)cc34)c2)OC1(C)C. The number of aromatic carboxylic acids is 1. The number of halogens is 1. The van der Waals surface area contributed by atoms with Gasteiger partial charge in [0.2, 0.25) is 9.84 Å². The van der Waals surface area contributed by atoms with Crippen LogP contribution in [0.15, 0.2) is 47.5 Å². The molecule has 3 heterocycles. The number of fused-ring (bicyclic) bond motifs is 1. The molecule has 2 aliphatic rings. The lowest BCUT2D eigenvalue weighted by Gasteiger charge is -2.32. The molecular formula is C26H29BClN3O7S. The predicted molar refractivity (Wildman–Crippen MR) is 149 cm³/mol. The van der Waals surface area contributed by atoms with Gasteiger partial charge in [-0.3, -0.25) is 5.32 Å². The molecule has 3 N–H and O–H groups in total. The Balaban J connectivity index is 1.61. The number of morpholine rings is 1. The van der Waals surface area contributed by atoms with E-state index in [1.165, 1.54) is 12.1 Å². The van der Waals surface area contributed by atoms with E-state index in [0.29, 0.717) is 40.2 Å². The zero-order valence-electron chi connectivity index (χ0n) is 21.9. The number of hydrogen-bond donors (Lipinski definition) is 3. The Morgan fingerprint density at radius 1 is 1.10 bits per heavy atom. The smallest absolute Gasteiger partial charge is 0.478 e. The molecule has 2 aliphatic heterocycles. The van der Waals surface area contributed by atoms with Crippen LogP contribution in [0, 0.1) is 0 Å². The van der Waals surface area contributed by atoms with Gasteiger partial charge >= 0.3 is 13.1 Å². The Labute approximate surface area is 232 Å². The van der Waals surface area contributed by atoms with Crippen LogP contribution in [-0.2, 0) is 23.9 Å². The summed E-state index contributed by atoms with van der Waals surface area (Å²) < 4.78 is 44.5. The summed E-state index contributed by atoms with van der Waals surface area (Å²) in [6.07, 6.45) is 0. The molecular weight excluding hydrogens is 545 g/mol. The number of benzene rings is 2. The molecule has 2 saturated heterocycles. The molecule has 206 valence electrons. The van der Waals surface area contributed by atoms with E-state index in [0.717, 1.165) is 0 Å². The maximum Gasteiger partial charge on any atom is 0.494 e. The highest BCUT2D eigenvalue weighted by Gasteiger charge is 2.51.